The lowest BCUT2D eigenvalue weighted by Crippen LogP contribution is -2.16. The summed E-state index contributed by atoms with van der Waals surface area (Å²) in [4.78, 5) is 0. The lowest BCUT2D eigenvalue weighted by Gasteiger charge is -2.06. The van der Waals surface area contributed by atoms with Crippen LogP contribution in [-0.4, -0.2) is 23.7 Å². The monoisotopic (exact) mass is 283 g/mol. The Balaban J connectivity index is 1.73. The summed E-state index contributed by atoms with van der Waals surface area (Å²) in [6.45, 7) is 1.74. The number of benzene rings is 2. The van der Waals surface area contributed by atoms with Crippen molar-refractivity contribution >= 4 is 7.12 Å². The zero-order valence-corrected chi connectivity index (χ0v) is 12.2. The molecule has 0 aromatic heterocycles. The highest BCUT2D eigenvalue weighted by molar-refractivity contribution is 6.40. The molecule has 0 heterocycles. The Morgan fingerprint density at radius 1 is 0.810 bits per heavy atom. The van der Waals surface area contributed by atoms with Gasteiger partial charge in [0.15, 0.2) is 0 Å². The van der Waals surface area contributed by atoms with Gasteiger partial charge in [0.05, 0.1) is 0 Å². The molecule has 0 aliphatic carbocycles. The lowest BCUT2D eigenvalue weighted by atomic mass is 9.84. The van der Waals surface area contributed by atoms with E-state index in [4.69, 9.17) is 10.0 Å². The van der Waals surface area contributed by atoms with Gasteiger partial charge in [-0.1, -0.05) is 61.0 Å². The van der Waals surface area contributed by atoms with Gasteiger partial charge in [0, 0.05) is 6.54 Å². The lowest BCUT2D eigenvalue weighted by molar-refractivity contribution is 0.401. The zero-order valence-electron chi connectivity index (χ0n) is 12.2. The molecule has 0 bridgehead atoms. The maximum atomic E-state index is 8.74. The van der Waals surface area contributed by atoms with Crippen molar-refractivity contribution in [3.05, 3.63) is 60.2 Å². The van der Waals surface area contributed by atoms with Gasteiger partial charge in [-0.15, -0.1) is 0 Å². The van der Waals surface area contributed by atoms with E-state index in [0.29, 0.717) is 6.32 Å². The molecule has 0 aliphatic heterocycles. The Hall–Kier alpha value is -1.62. The normalized spacial score (nSPS) is 10.6. The van der Waals surface area contributed by atoms with Crippen molar-refractivity contribution in [2.45, 2.75) is 25.7 Å². The average molecular weight is 283 g/mol. The second kappa shape index (κ2) is 8.62. The van der Waals surface area contributed by atoms with Gasteiger partial charge < -0.3 is 15.4 Å². The molecule has 0 saturated carbocycles. The third-order valence-corrected chi connectivity index (χ3v) is 3.46. The number of hydrogen-bond acceptors (Lipinski definition) is 3. The summed E-state index contributed by atoms with van der Waals surface area (Å²) in [5, 5.41) is 20.9. The van der Waals surface area contributed by atoms with E-state index in [1.165, 1.54) is 16.7 Å². The molecule has 0 unspecified atom stereocenters. The van der Waals surface area contributed by atoms with Crippen LogP contribution in [-0.2, 0) is 6.54 Å². The average Bonchev–Trinajstić information content (AvgIpc) is 2.52. The summed E-state index contributed by atoms with van der Waals surface area (Å²) in [5.74, 6) is 0. The Morgan fingerprint density at radius 3 is 2.14 bits per heavy atom. The van der Waals surface area contributed by atoms with Gasteiger partial charge in [0.2, 0.25) is 0 Å². The summed E-state index contributed by atoms with van der Waals surface area (Å²) in [5.41, 5.74) is 3.73. The molecule has 21 heavy (non-hydrogen) atoms. The van der Waals surface area contributed by atoms with Crippen LogP contribution in [0.15, 0.2) is 54.6 Å². The molecule has 2 rings (SSSR count). The van der Waals surface area contributed by atoms with Gasteiger partial charge in [-0.2, -0.15) is 0 Å². The Bertz CT molecular complexity index is 514. The fourth-order valence-corrected chi connectivity index (χ4v) is 2.26. The predicted molar refractivity (Wildman–Crippen MR) is 87.8 cm³/mol. The summed E-state index contributed by atoms with van der Waals surface area (Å²) in [7, 11) is -1.17. The standard InChI is InChI=1S/C17H22BNO2/c20-18(21)12-4-5-13-19-14-15-8-10-17(11-9-15)16-6-2-1-3-7-16/h1-3,6-11,19-21H,4-5,12-14H2. The Kier molecular flexibility index (Phi) is 6.47. The van der Waals surface area contributed by atoms with E-state index in [9.17, 15) is 0 Å². The first-order valence-corrected chi connectivity index (χ1v) is 7.47. The molecule has 0 aliphatic rings. The van der Waals surface area contributed by atoms with E-state index in [-0.39, 0.29) is 0 Å². The van der Waals surface area contributed by atoms with Gasteiger partial charge in [0.1, 0.15) is 0 Å². The van der Waals surface area contributed by atoms with Gasteiger partial charge >= 0.3 is 7.12 Å². The minimum atomic E-state index is -1.17. The molecule has 2 aromatic carbocycles. The molecule has 110 valence electrons. The molecule has 0 atom stereocenters. The minimum absolute atomic E-state index is 0.452. The fraction of sp³-hybridized carbons (Fsp3) is 0.294. The highest BCUT2D eigenvalue weighted by atomic mass is 16.4. The van der Waals surface area contributed by atoms with Crippen LogP contribution < -0.4 is 5.32 Å². The van der Waals surface area contributed by atoms with Crippen LogP contribution >= 0.6 is 0 Å². The number of nitrogens with one attached hydrogen (secondary N) is 1. The minimum Gasteiger partial charge on any atom is -0.427 e. The van der Waals surface area contributed by atoms with Gasteiger partial charge in [0.25, 0.3) is 0 Å². The van der Waals surface area contributed by atoms with E-state index in [1.54, 1.807) is 0 Å². The molecule has 0 amide bonds. The summed E-state index contributed by atoms with van der Waals surface area (Å²) in [6, 6.07) is 18.9. The first-order chi connectivity index (χ1) is 10.3. The van der Waals surface area contributed by atoms with Crippen LogP contribution in [0, 0.1) is 0 Å². The molecule has 3 nitrogen and oxygen atoms in total. The van der Waals surface area contributed by atoms with E-state index >= 15 is 0 Å². The van der Waals surface area contributed by atoms with E-state index < -0.39 is 7.12 Å². The van der Waals surface area contributed by atoms with Crippen LogP contribution in [0.2, 0.25) is 6.32 Å². The van der Waals surface area contributed by atoms with Crippen molar-refractivity contribution in [3.63, 3.8) is 0 Å². The third kappa shape index (κ3) is 5.72. The van der Waals surface area contributed by atoms with E-state index in [0.717, 1.165) is 25.9 Å². The largest absolute Gasteiger partial charge is 0.451 e. The van der Waals surface area contributed by atoms with E-state index in [1.807, 2.05) is 18.2 Å². The van der Waals surface area contributed by atoms with Crippen molar-refractivity contribution in [1.29, 1.82) is 0 Å². The molecule has 3 N–H and O–H groups in total. The number of unbranched alkanes of at least 4 members (excludes halogenated alkanes) is 1. The smallest absolute Gasteiger partial charge is 0.427 e. The molecule has 2 aromatic rings. The second-order valence-corrected chi connectivity index (χ2v) is 5.22. The van der Waals surface area contributed by atoms with Crippen molar-refractivity contribution in [2.75, 3.05) is 6.54 Å². The Labute approximate surface area is 126 Å². The Morgan fingerprint density at radius 2 is 1.48 bits per heavy atom. The molecule has 0 radical (unpaired) electrons. The maximum absolute atomic E-state index is 8.74. The van der Waals surface area contributed by atoms with Crippen molar-refractivity contribution in [1.82, 2.24) is 5.32 Å². The third-order valence-electron chi connectivity index (χ3n) is 3.46. The van der Waals surface area contributed by atoms with Crippen molar-refractivity contribution in [2.24, 2.45) is 0 Å². The van der Waals surface area contributed by atoms with Gasteiger partial charge in [-0.25, -0.2) is 0 Å². The molecule has 0 saturated heterocycles. The van der Waals surface area contributed by atoms with Crippen LogP contribution in [0.1, 0.15) is 18.4 Å². The summed E-state index contributed by atoms with van der Waals surface area (Å²) < 4.78 is 0. The highest BCUT2D eigenvalue weighted by Gasteiger charge is 2.04. The summed E-state index contributed by atoms with van der Waals surface area (Å²) >= 11 is 0. The maximum Gasteiger partial charge on any atom is 0.451 e. The fourth-order valence-electron chi connectivity index (χ4n) is 2.26. The second-order valence-electron chi connectivity index (χ2n) is 5.22. The first kappa shape index (κ1) is 15.8. The van der Waals surface area contributed by atoms with Crippen LogP contribution in [0.5, 0.6) is 0 Å². The topological polar surface area (TPSA) is 52.5 Å². The quantitative estimate of drug-likeness (QED) is 0.515. The van der Waals surface area contributed by atoms with Crippen molar-refractivity contribution in [3.8, 4) is 11.1 Å². The summed E-state index contributed by atoms with van der Waals surface area (Å²) in [6.07, 6.45) is 2.24. The zero-order chi connectivity index (χ0) is 14.9. The van der Waals surface area contributed by atoms with E-state index in [2.05, 4.69) is 41.7 Å². The molecule has 0 fully saturated rings. The van der Waals surface area contributed by atoms with Gasteiger partial charge in [-0.3, -0.25) is 0 Å². The SMILES string of the molecule is OB(O)CCCCNCc1ccc(-c2ccccc2)cc1. The highest BCUT2D eigenvalue weighted by Crippen LogP contribution is 2.19. The van der Waals surface area contributed by atoms with Crippen molar-refractivity contribution < 1.29 is 10.0 Å². The molecular formula is C17H22BNO2. The molecule has 0 spiro atoms. The number of rotatable bonds is 8. The first-order valence-electron chi connectivity index (χ1n) is 7.47. The van der Waals surface area contributed by atoms with Gasteiger partial charge in [-0.05, 0) is 36.0 Å². The predicted octanol–water partition coefficient (Wildman–Crippen LogP) is 2.70. The number of hydrogen-bond donors (Lipinski definition) is 3. The molecular weight excluding hydrogens is 261 g/mol. The van der Waals surface area contributed by atoms with Crippen LogP contribution in [0.3, 0.4) is 0 Å². The van der Waals surface area contributed by atoms with Crippen LogP contribution in [0.4, 0.5) is 0 Å². The molecule has 4 heteroatoms. The van der Waals surface area contributed by atoms with Crippen LogP contribution in [0.25, 0.3) is 11.1 Å².